The van der Waals surface area contributed by atoms with Crippen LogP contribution in [0.5, 0.6) is 5.75 Å². The van der Waals surface area contributed by atoms with E-state index >= 15 is 0 Å². The summed E-state index contributed by atoms with van der Waals surface area (Å²) in [5, 5.41) is 4.75. The highest BCUT2D eigenvalue weighted by Crippen LogP contribution is 2.29. The number of rotatable bonds is 9. The number of methoxy groups -OCH3 is 1. The molecule has 6 heteroatoms. The molecule has 2 aromatic rings. The van der Waals surface area contributed by atoms with Crippen LogP contribution in [0.2, 0.25) is 0 Å². The molecule has 0 aliphatic heterocycles. The van der Waals surface area contributed by atoms with Gasteiger partial charge in [0.2, 0.25) is 5.91 Å². The standard InChI is InChI=1S/C20H24N2O3S/c1-25-17-10-6-15(7-11-17)14-22(16-8-9-16)19(23)5-2-12-21-20(24)18-4-3-13-26-18/h3-4,6-7,10-11,13,16H,2,5,8-9,12,14H2,1H3,(H,21,24). The number of hydrogen-bond donors (Lipinski definition) is 1. The Hall–Kier alpha value is -2.34. The maximum absolute atomic E-state index is 12.6. The lowest BCUT2D eigenvalue weighted by atomic mass is 10.2. The van der Waals surface area contributed by atoms with Gasteiger partial charge in [0.05, 0.1) is 12.0 Å². The van der Waals surface area contributed by atoms with E-state index in [1.807, 2.05) is 40.6 Å². The van der Waals surface area contributed by atoms with Gasteiger partial charge in [-0.05, 0) is 48.4 Å². The van der Waals surface area contributed by atoms with Gasteiger partial charge in [0.1, 0.15) is 5.75 Å². The van der Waals surface area contributed by atoms with Gasteiger partial charge in [-0.15, -0.1) is 11.3 Å². The molecule has 1 aliphatic rings. The van der Waals surface area contributed by atoms with Crippen molar-refractivity contribution in [3.8, 4) is 5.75 Å². The van der Waals surface area contributed by atoms with Crippen molar-refractivity contribution in [1.82, 2.24) is 10.2 Å². The Balaban J connectivity index is 1.45. The second-order valence-corrected chi connectivity index (χ2v) is 7.39. The molecule has 1 aliphatic carbocycles. The Kier molecular flexibility index (Phi) is 6.28. The summed E-state index contributed by atoms with van der Waals surface area (Å²) in [7, 11) is 1.65. The lowest BCUT2D eigenvalue weighted by Crippen LogP contribution is -2.33. The third-order valence-electron chi connectivity index (χ3n) is 4.42. The smallest absolute Gasteiger partial charge is 0.261 e. The number of carbonyl (C=O) groups is 2. The van der Waals surface area contributed by atoms with Crippen LogP contribution in [0.25, 0.3) is 0 Å². The molecule has 0 radical (unpaired) electrons. The van der Waals surface area contributed by atoms with Gasteiger partial charge in [-0.3, -0.25) is 9.59 Å². The summed E-state index contributed by atoms with van der Waals surface area (Å²) in [6, 6.07) is 11.9. The number of nitrogens with one attached hydrogen (secondary N) is 1. The highest BCUT2D eigenvalue weighted by atomic mass is 32.1. The van der Waals surface area contributed by atoms with Gasteiger partial charge >= 0.3 is 0 Å². The fourth-order valence-electron chi connectivity index (χ4n) is 2.81. The van der Waals surface area contributed by atoms with Crippen LogP contribution in [-0.4, -0.2) is 36.4 Å². The van der Waals surface area contributed by atoms with E-state index in [9.17, 15) is 9.59 Å². The van der Waals surface area contributed by atoms with Crippen LogP contribution < -0.4 is 10.1 Å². The molecule has 3 rings (SSSR count). The predicted octanol–water partition coefficient (Wildman–Crippen LogP) is 3.46. The third-order valence-corrected chi connectivity index (χ3v) is 5.29. The quantitative estimate of drug-likeness (QED) is 0.686. The number of benzene rings is 1. The second kappa shape index (κ2) is 8.85. The topological polar surface area (TPSA) is 58.6 Å². The second-order valence-electron chi connectivity index (χ2n) is 6.44. The summed E-state index contributed by atoms with van der Waals surface area (Å²) in [5.74, 6) is 0.915. The molecule has 0 unspecified atom stereocenters. The van der Waals surface area contributed by atoms with E-state index in [1.165, 1.54) is 11.3 Å². The summed E-state index contributed by atoms with van der Waals surface area (Å²) in [4.78, 5) is 27.2. The highest BCUT2D eigenvalue weighted by Gasteiger charge is 2.32. The molecule has 1 aromatic carbocycles. The normalized spacial score (nSPS) is 13.3. The van der Waals surface area contributed by atoms with Crippen molar-refractivity contribution < 1.29 is 14.3 Å². The fourth-order valence-corrected chi connectivity index (χ4v) is 3.45. The number of carbonyl (C=O) groups excluding carboxylic acids is 2. The van der Waals surface area contributed by atoms with Gasteiger partial charge in [0.15, 0.2) is 0 Å². The molecule has 1 fully saturated rings. The SMILES string of the molecule is COc1ccc(CN(C(=O)CCCNC(=O)c2cccs2)C2CC2)cc1. The van der Waals surface area contributed by atoms with Gasteiger partial charge in [-0.25, -0.2) is 0 Å². The minimum atomic E-state index is -0.0651. The first kappa shape index (κ1) is 18.5. The monoisotopic (exact) mass is 372 g/mol. The lowest BCUT2D eigenvalue weighted by molar-refractivity contribution is -0.132. The molecular weight excluding hydrogens is 348 g/mol. The van der Waals surface area contributed by atoms with Gasteiger partial charge in [0, 0.05) is 25.6 Å². The number of nitrogens with zero attached hydrogens (tertiary/aromatic N) is 1. The largest absolute Gasteiger partial charge is 0.497 e. The Bertz CT molecular complexity index is 724. The van der Waals surface area contributed by atoms with Crippen LogP contribution in [-0.2, 0) is 11.3 Å². The first-order valence-corrected chi connectivity index (χ1v) is 9.79. The Morgan fingerprint density at radius 1 is 1.23 bits per heavy atom. The number of hydrogen-bond acceptors (Lipinski definition) is 4. The molecule has 1 saturated carbocycles. The van der Waals surface area contributed by atoms with Crippen molar-refractivity contribution in [2.24, 2.45) is 0 Å². The van der Waals surface area contributed by atoms with E-state index in [0.29, 0.717) is 36.9 Å². The average Bonchev–Trinajstić information content (AvgIpc) is 3.35. The van der Waals surface area contributed by atoms with E-state index in [0.717, 1.165) is 24.2 Å². The molecule has 1 heterocycles. The first-order valence-electron chi connectivity index (χ1n) is 8.91. The van der Waals surface area contributed by atoms with E-state index in [4.69, 9.17) is 4.74 Å². The number of ether oxygens (including phenoxy) is 1. The summed E-state index contributed by atoms with van der Waals surface area (Å²) in [6.45, 7) is 1.15. The number of amides is 2. The van der Waals surface area contributed by atoms with E-state index < -0.39 is 0 Å². The Morgan fingerprint density at radius 2 is 2.00 bits per heavy atom. The van der Waals surface area contributed by atoms with Gasteiger partial charge in [0.25, 0.3) is 5.91 Å². The Labute approximate surface area is 158 Å². The molecule has 0 bridgehead atoms. The maximum Gasteiger partial charge on any atom is 0.261 e. The molecule has 0 saturated heterocycles. The van der Waals surface area contributed by atoms with Crippen LogP contribution in [0.3, 0.4) is 0 Å². The molecule has 138 valence electrons. The molecular formula is C20H24N2O3S. The summed E-state index contributed by atoms with van der Waals surface area (Å²) < 4.78 is 5.18. The van der Waals surface area contributed by atoms with Crippen LogP contribution >= 0.6 is 11.3 Å². The van der Waals surface area contributed by atoms with E-state index in [2.05, 4.69) is 5.32 Å². The molecule has 0 atom stereocenters. The predicted molar refractivity (Wildman–Crippen MR) is 102 cm³/mol. The summed E-state index contributed by atoms with van der Waals surface area (Å²) in [6.07, 6.45) is 3.27. The van der Waals surface area contributed by atoms with Crippen molar-refractivity contribution in [2.75, 3.05) is 13.7 Å². The van der Waals surface area contributed by atoms with Crippen molar-refractivity contribution in [2.45, 2.75) is 38.3 Å². The minimum absolute atomic E-state index is 0.0651. The van der Waals surface area contributed by atoms with Crippen molar-refractivity contribution in [1.29, 1.82) is 0 Å². The average molecular weight is 372 g/mol. The molecule has 1 N–H and O–H groups in total. The molecule has 2 amide bonds. The van der Waals surface area contributed by atoms with Crippen LogP contribution in [0, 0.1) is 0 Å². The van der Waals surface area contributed by atoms with Gasteiger partial charge in [-0.1, -0.05) is 18.2 Å². The highest BCUT2D eigenvalue weighted by molar-refractivity contribution is 7.12. The minimum Gasteiger partial charge on any atom is -0.497 e. The zero-order chi connectivity index (χ0) is 18.4. The first-order chi connectivity index (χ1) is 12.7. The van der Waals surface area contributed by atoms with Crippen LogP contribution in [0.4, 0.5) is 0 Å². The molecule has 1 aromatic heterocycles. The van der Waals surface area contributed by atoms with E-state index in [1.54, 1.807) is 13.2 Å². The lowest BCUT2D eigenvalue weighted by Gasteiger charge is -2.23. The summed E-state index contributed by atoms with van der Waals surface area (Å²) >= 11 is 1.42. The molecule has 5 nitrogen and oxygen atoms in total. The third kappa shape index (κ3) is 5.08. The molecule has 0 spiro atoms. The number of thiophene rings is 1. The zero-order valence-electron chi connectivity index (χ0n) is 14.9. The summed E-state index contributed by atoms with van der Waals surface area (Å²) in [5.41, 5.74) is 1.11. The van der Waals surface area contributed by atoms with Gasteiger partial charge < -0.3 is 15.0 Å². The van der Waals surface area contributed by atoms with Crippen molar-refractivity contribution >= 4 is 23.2 Å². The zero-order valence-corrected chi connectivity index (χ0v) is 15.8. The molecule has 26 heavy (non-hydrogen) atoms. The van der Waals surface area contributed by atoms with Crippen molar-refractivity contribution in [3.05, 3.63) is 52.2 Å². The van der Waals surface area contributed by atoms with Crippen LogP contribution in [0.15, 0.2) is 41.8 Å². The Morgan fingerprint density at radius 3 is 2.62 bits per heavy atom. The van der Waals surface area contributed by atoms with Crippen molar-refractivity contribution in [3.63, 3.8) is 0 Å². The van der Waals surface area contributed by atoms with Gasteiger partial charge in [-0.2, -0.15) is 0 Å². The van der Waals surface area contributed by atoms with Crippen LogP contribution in [0.1, 0.15) is 40.9 Å². The van der Waals surface area contributed by atoms with E-state index in [-0.39, 0.29) is 11.8 Å². The fraction of sp³-hybridized carbons (Fsp3) is 0.400. The maximum atomic E-state index is 12.6.